The Labute approximate surface area is 198 Å². The van der Waals surface area contributed by atoms with E-state index in [1.165, 1.54) is 11.8 Å². The first-order valence-corrected chi connectivity index (χ1v) is 12.7. The summed E-state index contributed by atoms with van der Waals surface area (Å²) >= 11 is 3.17. The molecule has 7 heteroatoms. The Morgan fingerprint density at radius 2 is 1.84 bits per heavy atom. The number of hydrogen-bond donors (Lipinski definition) is 0. The van der Waals surface area contributed by atoms with E-state index in [0.29, 0.717) is 6.54 Å². The summed E-state index contributed by atoms with van der Waals surface area (Å²) in [5.74, 6) is 0.881. The molecule has 0 saturated carbocycles. The predicted molar refractivity (Wildman–Crippen MR) is 135 cm³/mol. The van der Waals surface area contributed by atoms with E-state index in [1.54, 1.807) is 18.9 Å². The van der Waals surface area contributed by atoms with Crippen molar-refractivity contribution in [3.05, 3.63) is 64.0 Å². The lowest BCUT2D eigenvalue weighted by Crippen LogP contribution is -2.31. The fourth-order valence-electron chi connectivity index (χ4n) is 3.79. The molecule has 2 aliphatic heterocycles. The van der Waals surface area contributed by atoms with Gasteiger partial charge in [0.25, 0.3) is 5.91 Å². The van der Waals surface area contributed by atoms with Crippen LogP contribution >= 0.6 is 23.5 Å². The van der Waals surface area contributed by atoms with Gasteiger partial charge >= 0.3 is 0 Å². The highest BCUT2D eigenvalue weighted by Crippen LogP contribution is 2.51. The first-order chi connectivity index (χ1) is 15.6. The van der Waals surface area contributed by atoms with E-state index in [2.05, 4.69) is 43.9 Å². The van der Waals surface area contributed by atoms with Crippen molar-refractivity contribution in [1.82, 2.24) is 4.90 Å². The molecule has 2 aromatic rings. The second-order valence-corrected chi connectivity index (χ2v) is 9.73. The summed E-state index contributed by atoms with van der Waals surface area (Å²) in [5.41, 5.74) is 2.24. The van der Waals surface area contributed by atoms with Crippen molar-refractivity contribution in [3.63, 3.8) is 0 Å². The van der Waals surface area contributed by atoms with E-state index < -0.39 is 0 Å². The van der Waals surface area contributed by atoms with Gasteiger partial charge in [0, 0.05) is 24.1 Å². The molecule has 4 rings (SSSR count). The first kappa shape index (κ1) is 22.8. The highest BCUT2D eigenvalue weighted by molar-refractivity contribution is 8.19. The van der Waals surface area contributed by atoms with E-state index in [9.17, 15) is 4.79 Å². The Hall–Kier alpha value is -2.38. The molecule has 5 nitrogen and oxygen atoms in total. The minimum atomic E-state index is -0.0139. The Bertz CT molecular complexity index is 1050. The fraction of sp³-hybridized carbons (Fsp3) is 0.360. The second kappa shape index (κ2) is 10.0. The number of fused-ring (bicyclic) bond motifs is 1. The lowest BCUT2D eigenvalue weighted by atomic mass is 10.1. The van der Waals surface area contributed by atoms with Gasteiger partial charge in [0.15, 0.2) is 5.17 Å². The molecular weight excluding hydrogens is 438 g/mol. The molecular formula is C25H29N3O2S2. The van der Waals surface area contributed by atoms with Gasteiger partial charge in [-0.05, 0) is 49.7 Å². The van der Waals surface area contributed by atoms with E-state index >= 15 is 0 Å². The number of carbonyl (C=O) groups is 1. The summed E-state index contributed by atoms with van der Waals surface area (Å²) in [6.45, 7) is 7.81. The maximum Gasteiger partial charge on any atom is 0.269 e. The molecule has 1 unspecified atom stereocenters. The standard InChI is InChI=1S/C25H29N3O2S2/c1-5-7-15-28-23(29)22(32-25(28)26-17(3)18-11-9-8-10-12-18)24-27(6-2)20-16-19(30-4)13-14-21(20)31-24/h8-14,16-17H,5-7,15H2,1-4H3. The molecule has 2 aliphatic rings. The Kier molecular flexibility index (Phi) is 7.16. The summed E-state index contributed by atoms with van der Waals surface area (Å²) in [6, 6.07) is 16.3. The lowest BCUT2D eigenvalue weighted by Gasteiger charge is -2.19. The number of hydrogen-bond acceptors (Lipinski definition) is 6. The van der Waals surface area contributed by atoms with Gasteiger partial charge in [0.05, 0.1) is 18.8 Å². The summed E-state index contributed by atoms with van der Waals surface area (Å²) in [4.78, 5) is 24.5. The van der Waals surface area contributed by atoms with Crippen LogP contribution in [0.1, 0.15) is 45.2 Å². The number of carbonyl (C=O) groups excluding carboxylic acids is 1. The van der Waals surface area contributed by atoms with E-state index in [1.807, 2.05) is 35.2 Å². The molecule has 1 amide bonds. The van der Waals surface area contributed by atoms with Gasteiger partial charge in [-0.2, -0.15) is 0 Å². The monoisotopic (exact) mass is 467 g/mol. The maximum absolute atomic E-state index is 13.6. The van der Waals surface area contributed by atoms with E-state index in [4.69, 9.17) is 9.73 Å². The quantitative estimate of drug-likeness (QED) is 0.448. The normalized spacial score (nSPS) is 20.2. The number of amidine groups is 1. The highest BCUT2D eigenvalue weighted by atomic mass is 32.2. The Morgan fingerprint density at radius 1 is 1.06 bits per heavy atom. The first-order valence-electron chi connectivity index (χ1n) is 11.1. The van der Waals surface area contributed by atoms with Crippen molar-refractivity contribution < 1.29 is 9.53 Å². The van der Waals surface area contributed by atoms with Gasteiger partial charge < -0.3 is 9.64 Å². The summed E-state index contributed by atoms with van der Waals surface area (Å²) in [5, 5.41) is 1.79. The van der Waals surface area contributed by atoms with Crippen LogP contribution in [-0.4, -0.2) is 36.2 Å². The number of aliphatic imine (C=N–C) groups is 1. The molecule has 2 aromatic carbocycles. The minimum absolute atomic E-state index is 0.0139. The van der Waals surface area contributed by atoms with Crippen LogP contribution in [0.25, 0.3) is 0 Å². The number of ether oxygens (including phenoxy) is 1. The van der Waals surface area contributed by atoms with Crippen LogP contribution in [0, 0.1) is 0 Å². The number of methoxy groups -OCH3 is 1. The Balaban J connectivity index is 1.71. The third kappa shape index (κ3) is 4.41. The Morgan fingerprint density at radius 3 is 2.53 bits per heavy atom. The molecule has 1 atom stereocenters. The van der Waals surface area contributed by atoms with Gasteiger partial charge in [0.1, 0.15) is 15.7 Å². The molecule has 0 aliphatic carbocycles. The molecule has 0 spiro atoms. The van der Waals surface area contributed by atoms with Crippen molar-refractivity contribution in [1.29, 1.82) is 0 Å². The number of rotatable bonds is 7. The van der Waals surface area contributed by atoms with Gasteiger partial charge in [-0.1, -0.05) is 55.4 Å². The van der Waals surface area contributed by atoms with Crippen LogP contribution in [0.3, 0.4) is 0 Å². The largest absolute Gasteiger partial charge is 0.497 e. The number of benzene rings is 2. The van der Waals surface area contributed by atoms with Crippen molar-refractivity contribution in [2.45, 2.75) is 44.6 Å². The smallest absolute Gasteiger partial charge is 0.269 e. The zero-order chi connectivity index (χ0) is 22.7. The number of thioether (sulfide) groups is 2. The molecule has 0 radical (unpaired) electrons. The highest BCUT2D eigenvalue weighted by Gasteiger charge is 2.39. The third-order valence-corrected chi connectivity index (χ3v) is 8.00. The van der Waals surface area contributed by atoms with Gasteiger partial charge in [-0.15, -0.1) is 0 Å². The molecule has 0 N–H and O–H groups in total. The predicted octanol–water partition coefficient (Wildman–Crippen LogP) is 6.29. The van der Waals surface area contributed by atoms with Gasteiger partial charge in [0.2, 0.25) is 0 Å². The average Bonchev–Trinajstić information content (AvgIpc) is 3.34. The van der Waals surface area contributed by atoms with Crippen molar-refractivity contribution in [2.24, 2.45) is 4.99 Å². The number of anilines is 1. The van der Waals surface area contributed by atoms with Crippen LogP contribution in [0.5, 0.6) is 5.75 Å². The second-order valence-electron chi connectivity index (χ2n) is 7.72. The SMILES string of the molecule is CCCCN1C(=O)C(=C2Sc3ccc(OC)cc3N2CC)SC1=NC(C)c1ccccc1. The summed E-state index contributed by atoms with van der Waals surface area (Å²) < 4.78 is 5.43. The fourth-order valence-corrected chi connectivity index (χ4v) is 6.25. The molecule has 0 aromatic heterocycles. The lowest BCUT2D eigenvalue weighted by molar-refractivity contribution is -0.122. The molecule has 1 fully saturated rings. The summed E-state index contributed by atoms with van der Waals surface area (Å²) in [7, 11) is 1.68. The molecule has 168 valence electrons. The number of unbranched alkanes of at least 4 members (excludes halogenated alkanes) is 1. The zero-order valence-corrected chi connectivity index (χ0v) is 20.6. The topological polar surface area (TPSA) is 45.1 Å². The molecule has 2 heterocycles. The molecule has 32 heavy (non-hydrogen) atoms. The van der Waals surface area contributed by atoms with Crippen LogP contribution in [-0.2, 0) is 4.79 Å². The average molecular weight is 468 g/mol. The van der Waals surface area contributed by atoms with Crippen molar-refractivity contribution in [2.75, 3.05) is 25.1 Å². The number of amides is 1. The zero-order valence-electron chi connectivity index (χ0n) is 19.0. The van der Waals surface area contributed by atoms with Crippen LogP contribution < -0.4 is 9.64 Å². The third-order valence-electron chi connectivity index (χ3n) is 5.60. The summed E-state index contributed by atoms with van der Waals surface area (Å²) in [6.07, 6.45) is 1.98. The van der Waals surface area contributed by atoms with E-state index in [0.717, 1.165) is 56.4 Å². The molecule has 1 saturated heterocycles. The van der Waals surface area contributed by atoms with E-state index in [-0.39, 0.29) is 11.9 Å². The minimum Gasteiger partial charge on any atom is -0.497 e. The number of nitrogens with zero attached hydrogens (tertiary/aromatic N) is 3. The van der Waals surface area contributed by atoms with Crippen LogP contribution in [0.15, 0.2) is 68.4 Å². The maximum atomic E-state index is 13.6. The van der Waals surface area contributed by atoms with Crippen molar-refractivity contribution in [3.8, 4) is 5.75 Å². The van der Waals surface area contributed by atoms with Crippen LogP contribution in [0.4, 0.5) is 5.69 Å². The van der Waals surface area contributed by atoms with Crippen molar-refractivity contribution >= 4 is 40.3 Å². The van der Waals surface area contributed by atoms with Gasteiger partial charge in [-0.3, -0.25) is 14.7 Å². The molecule has 0 bridgehead atoms. The van der Waals surface area contributed by atoms with Gasteiger partial charge in [-0.25, -0.2) is 0 Å². The van der Waals surface area contributed by atoms with Crippen LogP contribution in [0.2, 0.25) is 0 Å².